The summed E-state index contributed by atoms with van der Waals surface area (Å²) in [5, 5.41) is 0.429. The zero-order valence-corrected chi connectivity index (χ0v) is 18.4. The number of rotatable bonds is 9. The molecule has 0 spiro atoms. The fourth-order valence-corrected chi connectivity index (χ4v) is 3.44. The molecule has 0 aliphatic rings. The zero-order valence-electron chi connectivity index (χ0n) is 18.4. The molecule has 3 aromatic rings. The van der Waals surface area contributed by atoms with Gasteiger partial charge in [-0.05, 0) is 18.6 Å². The van der Waals surface area contributed by atoms with Crippen molar-refractivity contribution in [3.63, 3.8) is 0 Å². The van der Waals surface area contributed by atoms with Gasteiger partial charge in [0.05, 0.1) is 31.7 Å². The Hall–Kier alpha value is -3.39. The normalized spacial score (nSPS) is 11.9. The average molecular weight is 426 g/mol. The SMILES string of the molecule is CC[NH+](CC(=O)N(C)Cc1ccccc1)Cc1nc2cc(OC)c(OC)cc2c(=O)[nH]1. The van der Waals surface area contributed by atoms with Crippen LogP contribution in [0.4, 0.5) is 0 Å². The van der Waals surface area contributed by atoms with E-state index in [-0.39, 0.29) is 11.5 Å². The number of aromatic amines is 1. The van der Waals surface area contributed by atoms with Crippen molar-refractivity contribution in [3.05, 3.63) is 64.2 Å². The summed E-state index contributed by atoms with van der Waals surface area (Å²) in [7, 11) is 4.87. The number of nitrogens with zero attached hydrogens (tertiary/aromatic N) is 2. The second kappa shape index (κ2) is 10.1. The van der Waals surface area contributed by atoms with Crippen LogP contribution in [-0.4, -0.2) is 55.1 Å². The molecule has 31 heavy (non-hydrogen) atoms. The van der Waals surface area contributed by atoms with E-state index in [0.29, 0.717) is 47.9 Å². The van der Waals surface area contributed by atoms with Gasteiger partial charge in [0.1, 0.15) is 6.54 Å². The maximum atomic E-state index is 12.7. The molecule has 0 radical (unpaired) electrons. The fourth-order valence-electron chi connectivity index (χ4n) is 3.44. The molecule has 0 saturated carbocycles. The van der Waals surface area contributed by atoms with Crippen LogP contribution in [-0.2, 0) is 17.9 Å². The lowest BCUT2D eigenvalue weighted by Crippen LogP contribution is -3.11. The van der Waals surface area contributed by atoms with Gasteiger partial charge in [0.2, 0.25) is 0 Å². The number of fused-ring (bicyclic) bond motifs is 1. The molecular formula is C23H29N4O4+. The van der Waals surface area contributed by atoms with Crippen LogP contribution in [0.15, 0.2) is 47.3 Å². The number of aromatic nitrogens is 2. The van der Waals surface area contributed by atoms with Crippen molar-refractivity contribution in [1.29, 1.82) is 0 Å². The molecule has 8 heteroatoms. The van der Waals surface area contributed by atoms with E-state index in [1.807, 2.05) is 37.3 Å². The minimum atomic E-state index is -0.246. The van der Waals surface area contributed by atoms with Crippen molar-refractivity contribution < 1.29 is 19.2 Å². The summed E-state index contributed by atoms with van der Waals surface area (Å²) in [5.41, 5.74) is 1.37. The van der Waals surface area contributed by atoms with Crippen LogP contribution < -0.4 is 19.9 Å². The highest BCUT2D eigenvalue weighted by atomic mass is 16.5. The predicted molar refractivity (Wildman–Crippen MR) is 118 cm³/mol. The van der Waals surface area contributed by atoms with E-state index in [1.54, 1.807) is 24.1 Å². The van der Waals surface area contributed by atoms with Gasteiger partial charge in [-0.25, -0.2) is 4.98 Å². The molecule has 1 aromatic heterocycles. The molecule has 0 saturated heterocycles. The number of carbonyl (C=O) groups excluding carboxylic acids is 1. The van der Waals surface area contributed by atoms with E-state index in [4.69, 9.17) is 9.47 Å². The lowest BCUT2D eigenvalue weighted by molar-refractivity contribution is -0.905. The first-order chi connectivity index (χ1) is 14.9. The van der Waals surface area contributed by atoms with Gasteiger partial charge in [-0.1, -0.05) is 30.3 Å². The molecule has 0 bridgehead atoms. The molecule has 1 atom stereocenters. The molecule has 1 amide bonds. The van der Waals surface area contributed by atoms with Crippen LogP contribution in [0.25, 0.3) is 10.9 Å². The van der Waals surface area contributed by atoms with Gasteiger partial charge < -0.3 is 24.3 Å². The maximum absolute atomic E-state index is 12.7. The minimum Gasteiger partial charge on any atom is -0.493 e. The van der Waals surface area contributed by atoms with E-state index in [9.17, 15) is 9.59 Å². The van der Waals surface area contributed by atoms with Crippen LogP contribution in [0.5, 0.6) is 11.5 Å². The molecule has 0 fully saturated rings. The molecule has 0 aliphatic carbocycles. The largest absolute Gasteiger partial charge is 0.493 e. The van der Waals surface area contributed by atoms with Gasteiger partial charge in [0.25, 0.3) is 11.5 Å². The highest BCUT2D eigenvalue weighted by molar-refractivity contribution is 5.81. The van der Waals surface area contributed by atoms with Gasteiger partial charge in [-0.2, -0.15) is 0 Å². The van der Waals surface area contributed by atoms with Crippen molar-refractivity contribution in [2.75, 3.05) is 34.4 Å². The van der Waals surface area contributed by atoms with E-state index in [1.165, 1.54) is 14.2 Å². The summed E-state index contributed by atoms with van der Waals surface area (Å²) in [6.45, 7) is 4.03. The molecule has 3 rings (SSSR count). The van der Waals surface area contributed by atoms with Crippen LogP contribution in [0.3, 0.4) is 0 Å². The molecule has 164 valence electrons. The number of methoxy groups -OCH3 is 2. The van der Waals surface area contributed by atoms with E-state index >= 15 is 0 Å². The molecule has 0 aliphatic heterocycles. The van der Waals surface area contributed by atoms with Gasteiger partial charge in [-0.3, -0.25) is 9.59 Å². The van der Waals surface area contributed by atoms with Crippen molar-refractivity contribution in [2.45, 2.75) is 20.0 Å². The summed E-state index contributed by atoms with van der Waals surface area (Å²) in [4.78, 5) is 35.5. The third-order valence-electron chi connectivity index (χ3n) is 5.27. The Morgan fingerprint density at radius 2 is 1.81 bits per heavy atom. The number of likely N-dealkylation sites (N-methyl/N-ethyl adjacent to an activating group) is 2. The molecule has 1 unspecified atom stereocenters. The Morgan fingerprint density at radius 3 is 2.45 bits per heavy atom. The monoisotopic (exact) mass is 425 g/mol. The topological polar surface area (TPSA) is 89.0 Å². The summed E-state index contributed by atoms with van der Waals surface area (Å²) < 4.78 is 10.6. The van der Waals surface area contributed by atoms with E-state index in [0.717, 1.165) is 17.0 Å². The number of nitrogens with one attached hydrogen (secondary N) is 2. The van der Waals surface area contributed by atoms with Crippen LogP contribution in [0.2, 0.25) is 0 Å². The van der Waals surface area contributed by atoms with Crippen LogP contribution in [0.1, 0.15) is 18.3 Å². The predicted octanol–water partition coefficient (Wildman–Crippen LogP) is 1.00. The van der Waals surface area contributed by atoms with Crippen molar-refractivity contribution in [1.82, 2.24) is 14.9 Å². The van der Waals surface area contributed by atoms with Gasteiger partial charge in [0.15, 0.2) is 23.9 Å². The third kappa shape index (κ3) is 5.40. The zero-order chi connectivity index (χ0) is 22.4. The van der Waals surface area contributed by atoms with E-state index < -0.39 is 0 Å². The first-order valence-corrected chi connectivity index (χ1v) is 10.2. The second-order valence-electron chi connectivity index (χ2n) is 7.43. The number of amides is 1. The molecule has 1 heterocycles. The van der Waals surface area contributed by atoms with Gasteiger partial charge in [0, 0.05) is 19.7 Å². The highest BCUT2D eigenvalue weighted by Gasteiger charge is 2.19. The van der Waals surface area contributed by atoms with Gasteiger partial charge >= 0.3 is 0 Å². The smallest absolute Gasteiger partial charge is 0.277 e. The lowest BCUT2D eigenvalue weighted by Gasteiger charge is -2.21. The third-order valence-corrected chi connectivity index (χ3v) is 5.27. The fraction of sp³-hybridized carbons (Fsp3) is 0.348. The molecule has 8 nitrogen and oxygen atoms in total. The van der Waals surface area contributed by atoms with Crippen LogP contribution in [0, 0.1) is 0 Å². The Kier molecular flexibility index (Phi) is 7.25. The average Bonchev–Trinajstić information content (AvgIpc) is 2.78. The Balaban J connectivity index is 1.74. The second-order valence-corrected chi connectivity index (χ2v) is 7.43. The van der Waals surface area contributed by atoms with Crippen molar-refractivity contribution >= 4 is 16.8 Å². The van der Waals surface area contributed by atoms with Gasteiger partial charge in [-0.15, -0.1) is 0 Å². The summed E-state index contributed by atoms with van der Waals surface area (Å²) in [6, 6.07) is 13.2. The number of hydrogen-bond donors (Lipinski definition) is 2. The minimum absolute atomic E-state index is 0.0373. The lowest BCUT2D eigenvalue weighted by atomic mass is 10.2. The number of quaternary nitrogens is 1. The maximum Gasteiger partial charge on any atom is 0.277 e. The highest BCUT2D eigenvalue weighted by Crippen LogP contribution is 2.29. The number of benzene rings is 2. The van der Waals surface area contributed by atoms with Crippen LogP contribution >= 0.6 is 0 Å². The molecular weight excluding hydrogens is 396 g/mol. The van der Waals surface area contributed by atoms with E-state index in [2.05, 4.69) is 9.97 Å². The molecule has 2 aromatic carbocycles. The Bertz CT molecular complexity index is 1100. The number of ether oxygens (including phenoxy) is 2. The summed E-state index contributed by atoms with van der Waals surface area (Å²) >= 11 is 0. The Labute approximate surface area is 181 Å². The molecule has 2 N–H and O–H groups in total. The quantitative estimate of drug-likeness (QED) is 0.534. The van der Waals surface area contributed by atoms with Crippen molar-refractivity contribution in [3.8, 4) is 11.5 Å². The first-order valence-electron chi connectivity index (χ1n) is 10.2. The van der Waals surface area contributed by atoms with Crippen molar-refractivity contribution in [2.24, 2.45) is 0 Å². The number of carbonyl (C=O) groups is 1. The number of hydrogen-bond acceptors (Lipinski definition) is 5. The summed E-state index contributed by atoms with van der Waals surface area (Å²) in [5.74, 6) is 1.55. The standard InChI is InChI=1S/C23H28N4O4/c1-5-27(15-22(28)26(2)13-16-9-7-6-8-10-16)14-21-24-18-12-20(31-4)19(30-3)11-17(18)23(29)25-21/h6-12H,5,13-15H2,1-4H3,(H,24,25,29)/p+1. The number of H-pyrrole nitrogens is 1. The Morgan fingerprint density at radius 1 is 1.13 bits per heavy atom. The summed E-state index contributed by atoms with van der Waals surface area (Å²) in [6.07, 6.45) is 0. The first kappa shape index (κ1) is 22.3.